The van der Waals surface area contributed by atoms with Crippen LogP contribution in [0.1, 0.15) is 26.5 Å². The van der Waals surface area contributed by atoms with Crippen LogP contribution in [-0.4, -0.2) is 49.7 Å². The lowest BCUT2D eigenvalue weighted by atomic mass is 10.1. The third kappa shape index (κ3) is 6.07. The molecule has 0 saturated carbocycles. The first-order chi connectivity index (χ1) is 9.19. The molecule has 5 heteroatoms. The molecular weight excluding hydrogens is 272 g/mol. The minimum Gasteiger partial charge on any atom is -0.358 e. The zero-order valence-corrected chi connectivity index (χ0v) is 14.3. The van der Waals surface area contributed by atoms with Crippen LogP contribution < -0.4 is 10.2 Å². The molecule has 0 aliphatic carbocycles. The molecule has 1 aromatic rings. The van der Waals surface area contributed by atoms with Gasteiger partial charge in [0.1, 0.15) is 5.82 Å². The van der Waals surface area contributed by atoms with Crippen molar-refractivity contribution in [3.05, 3.63) is 22.8 Å². The van der Waals surface area contributed by atoms with Gasteiger partial charge in [-0.3, -0.25) is 0 Å². The van der Waals surface area contributed by atoms with Gasteiger partial charge in [-0.25, -0.2) is 4.98 Å². The lowest BCUT2D eigenvalue weighted by molar-refractivity contribution is 0.415. The summed E-state index contributed by atoms with van der Waals surface area (Å²) in [5, 5.41) is 4.14. The highest BCUT2D eigenvalue weighted by Crippen LogP contribution is 2.19. The molecule has 0 atom stereocenters. The first-order valence-corrected chi connectivity index (χ1v) is 7.33. The topological polar surface area (TPSA) is 31.4 Å². The summed E-state index contributed by atoms with van der Waals surface area (Å²) in [6.45, 7) is 9.01. The van der Waals surface area contributed by atoms with Crippen LogP contribution in [0.2, 0.25) is 5.02 Å². The number of nitrogens with one attached hydrogen (secondary N) is 1. The van der Waals surface area contributed by atoms with Crippen molar-refractivity contribution in [2.45, 2.75) is 32.9 Å². The molecule has 0 aliphatic rings. The van der Waals surface area contributed by atoms with E-state index in [1.54, 1.807) is 0 Å². The molecule has 0 fully saturated rings. The minimum absolute atomic E-state index is 0.0534. The normalized spacial score (nSPS) is 12.0. The fourth-order valence-electron chi connectivity index (χ4n) is 1.62. The Morgan fingerprint density at radius 3 is 2.35 bits per heavy atom. The van der Waals surface area contributed by atoms with E-state index in [1.165, 1.54) is 0 Å². The number of aromatic nitrogens is 1. The molecule has 114 valence electrons. The fourth-order valence-corrected chi connectivity index (χ4v) is 1.79. The second kappa shape index (κ2) is 7.25. The summed E-state index contributed by atoms with van der Waals surface area (Å²) >= 11 is 6.23. The molecular formula is C15H27ClN4. The highest BCUT2D eigenvalue weighted by molar-refractivity contribution is 6.31. The molecule has 0 aromatic carbocycles. The smallest absolute Gasteiger partial charge is 0.128 e. The second-order valence-electron chi connectivity index (χ2n) is 6.43. The summed E-state index contributed by atoms with van der Waals surface area (Å²) in [5.74, 6) is 0.960. The third-order valence-corrected chi connectivity index (χ3v) is 3.31. The van der Waals surface area contributed by atoms with Crippen LogP contribution in [0.4, 0.5) is 5.82 Å². The number of pyridine rings is 1. The van der Waals surface area contributed by atoms with Crippen molar-refractivity contribution in [3.63, 3.8) is 0 Å². The largest absolute Gasteiger partial charge is 0.358 e. The van der Waals surface area contributed by atoms with E-state index in [1.807, 2.05) is 12.1 Å². The molecule has 4 nitrogen and oxygen atoms in total. The predicted octanol–water partition coefficient (Wildman–Crippen LogP) is 2.62. The van der Waals surface area contributed by atoms with Crippen molar-refractivity contribution in [1.82, 2.24) is 15.2 Å². The van der Waals surface area contributed by atoms with Crippen molar-refractivity contribution < 1.29 is 0 Å². The molecule has 0 saturated heterocycles. The number of halogens is 1. The first-order valence-electron chi connectivity index (χ1n) is 6.95. The van der Waals surface area contributed by atoms with Gasteiger partial charge >= 0.3 is 0 Å². The maximum Gasteiger partial charge on any atom is 0.128 e. The third-order valence-electron chi connectivity index (χ3n) is 2.96. The molecule has 0 bridgehead atoms. The van der Waals surface area contributed by atoms with E-state index in [9.17, 15) is 0 Å². The number of nitrogens with zero attached hydrogens (tertiary/aromatic N) is 3. The average Bonchev–Trinajstić information content (AvgIpc) is 2.33. The van der Waals surface area contributed by atoms with Gasteiger partial charge < -0.3 is 15.1 Å². The number of hydrogen-bond donors (Lipinski definition) is 1. The minimum atomic E-state index is 0.0534. The molecule has 0 unspecified atom stereocenters. The molecule has 1 rings (SSSR count). The Morgan fingerprint density at radius 1 is 1.15 bits per heavy atom. The van der Waals surface area contributed by atoms with E-state index in [0.29, 0.717) is 11.6 Å². The van der Waals surface area contributed by atoms with Gasteiger partial charge in [-0.1, -0.05) is 11.6 Å². The predicted molar refractivity (Wildman–Crippen MR) is 87.7 cm³/mol. The van der Waals surface area contributed by atoms with Gasteiger partial charge in [0.15, 0.2) is 0 Å². The van der Waals surface area contributed by atoms with Gasteiger partial charge in [0.05, 0.1) is 10.7 Å². The summed E-state index contributed by atoms with van der Waals surface area (Å²) in [7, 11) is 6.20. The van der Waals surface area contributed by atoms with Gasteiger partial charge in [0.25, 0.3) is 0 Å². The van der Waals surface area contributed by atoms with Crippen molar-refractivity contribution in [2.75, 3.05) is 39.1 Å². The monoisotopic (exact) mass is 298 g/mol. The molecule has 20 heavy (non-hydrogen) atoms. The summed E-state index contributed by atoms with van der Waals surface area (Å²) in [6, 6.07) is 3.90. The second-order valence-corrected chi connectivity index (χ2v) is 6.83. The van der Waals surface area contributed by atoms with Gasteiger partial charge in [0.2, 0.25) is 0 Å². The summed E-state index contributed by atoms with van der Waals surface area (Å²) in [5.41, 5.74) is 0.952. The summed E-state index contributed by atoms with van der Waals surface area (Å²) < 4.78 is 0. The SMILES string of the molecule is CN(C)CCN(C)c1ccc(Cl)c(CNC(C)(C)C)n1. The van der Waals surface area contributed by atoms with Gasteiger partial charge in [0, 0.05) is 32.2 Å². The van der Waals surface area contributed by atoms with E-state index in [4.69, 9.17) is 11.6 Å². The van der Waals surface area contributed by atoms with E-state index >= 15 is 0 Å². The molecule has 1 heterocycles. The summed E-state index contributed by atoms with van der Waals surface area (Å²) in [6.07, 6.45) is 0. The fraction of sp³-hybridized carbons (Fsp3) is 0.667. The summed E-state index contributed by atoms with van der Waals surface area (Å²) in [4.78, 5) is 8.98. The molecule has 0 radical (unpaired) electrons. The number of rotatable bonds is 6. The molecule has 0 aliphatic heterocycles. The van der Waals surface area contributed by atoms with Gasteiger partial charge in [-0.2, -0.15) is 0 Å². The van der Waals surface area contributed by atoms with Crippen LogP contribution in [0, 0.1) is 0 Å². The highest BCUT2D eigenvalue weighted by atomic mass is 35.5. The lowest BCUT2D eigenvalue weighted by Gasteiger charge is -2.23. The van der Waals surface area contributed by atoms with Crippen molar-refractivity contribution >= 4 is 17.4 Å². The maximum absolute atomic E-state index is 6.23. The first kappa shape index (κ1) is 17.2. The van der Waals surface area contributed by atoms with Crippen molar-refractivity contribution in [2.24, 2.45) is 0 Å². The molecule has 1 N–H and O–H groups in total. The Balaban J connectivity index is 2.74. The van der Waals surface area contributed by atoms with Gasteiger partial charge in [-0.05, 0) is 47.0 Å². The van der Waals surface area contributed by atoms with Crippen molar-refractivity contribution in [3.8, 4) is 0 Å². The Labute approximate surface area is 128 Å². The van der Waals surface area contributed by atoms with Crippen LogP contribution in [0.25, 0.3) is 0 Å². The van der Waals surface area contributed by atoms with Crippen LogP contribution >= 0.6 is 11.6 Å². The van der Waals surface area contributed by atoms with E-state index < -0.39 is 0 Å². The zero-order chi connectivity index (χ0) is 15.3. The molecule has 1 aromatic heterocycles. The van der Waals surface area contributed by atoms with Crippen LogP contribution in [0.3, 0.4) is 0 Å². The van der Waals surface area contributed by atoms with E-state index in [2.05, 4.69) is 62.0 Å². The zero-order valence-electron chi connectivity index (χ0n) is 13.5. The maximum atomic E-state index is 6.23. The standard InChI is InChI=1S/C15H27ClN4/c1-15(2,3)17-11-13-12(16)7-8-14(18-13)20(6)10-9-19(4)5/h7-8,17H,9-11H2,1-6H3. The average molecular weight is 299 g/mol. The number of anilines is 1. The van der Waals surface area contributed by atoms with Crippen LogP contribution in [0.15, 0.2) is 12.1 Å². The molecule has 0 amide bonds. The lowest BCUT2D eigenvalue weighted by Crippen LogP contribution is -2.35. The van der Waals surface area contributed by atoms with E-state index in [0.717, 1.165) is 24.6 Å². The Kier molecular flexibility index (Phi) is 6.24. The number of likely N-dealkylation sites (N-methyl/N-ethyl adjacent to an activating group) is 2. The number of hydrogen-bond acceptors (Lipinski definition) is 4. The van der Waals surface area contributed by atoms with Crippen LogP contribution in [0.5, 0.6) is 0 Å². The molecule has 0 spiro atoms. The Morgan fingerprint density at radius 2 is 1.80 bits per heavy atom. The highest BCUT2D eigenvalue weighted by Gasteiger charge is 2.12. The Bertz CT molecular complexity index is 426. The Hall–Kier alpha value is -0.840. The van der Waals surface area contributed by atoms with Crippen molar-refractivity contribution in [1.29, 1.82) is 0 Å². The van der Waals surface area contributed by atoms with E-state index in [-0.39, 0.29) is 5.54 Å². The quantitative estimate of drug-likeness (QED) is 0.875. The van der Waals surface area contributed by atoms with Gasteiger partial charge in [-0.15, -0.1) is 0 Å². The van der Waals surface area contributed by atoms with Crippen LogP contribution in [-0.2, 0) is 6.54 Å².